The molecule has 30 heavy (non-hydrogen) atoms. The molecule has 2 heterocycles. The molecule has 2 atom stereocenters. The Labute approximate surface area is 181 Å². The lowest BCUT2D eigenvalue weighted by Gasteiger charge is -2.33. The number of nitrogens with one attached hydrogen (secondary N) is 2. The molecule has 0 aromatic rings. The molecule has 0 aromatic heterocycles. The Morgan fingerprint density at radius 3 is 1.23 bits per heavy atom. The molecule has 0 aromatic carbocycles. The van der Waals surface area contributed by atoms with Crippen LogP contribution in [-0.2, 0) is 20.0 Å². The van der Waals surface area contributed by atoms with Crippen LogP contribution in [-0.4, -0.2) is 57.2 Å². The van der Waals surface area contributed by atoms with Crippen molar-refractivity contribution >= 4 is 11.8 Å². The molecule has 2 aliphatic rings. The second-order valence-electron chi connectivity index (χ2n) is 11.3. The maximum absolute atomic E-state index is 12.6. The van der Waals surface area contributed by atoms with Crippen LogP contribution in [0.15, 0.2) is 0 Å². The molecule has 2 saturated heterocycles. The summed E-state index contributed by atoms with van der Waals surface area (Å²) in [5, 5.41) is 32.9. The minimum atomic E-state index is -0.723. The monoisotopic (exact) mass is 424 g/mol. The number of hydroxylamine groups is 4. The van der Waals surface area contributed by atoms with Crippen LogP contribution in [0.5, 0.6) is 0 Å². The quantitative estimate of drug-likeness (QED) is 0.613. The summed E-state index contributed by atoms with van der Waals surface area (Å²) in [6.07, 6.45) is 2.54. The van der Waals surface area contributed by atoms with E-state index in [2.05, 4.69) is 10.6 Å². The summed E-state index contributed by atoms with van der Waals surface area (Å²) >= 11 is 0. The minimum Gasteiger partial charge on any atom is -0.356 e. The van der Waals surface area contributed by atoms with Crippen LogP contribution in [0.2, 0.25) is 0 Å². The van der Waals surface area contributed by atoms with E-state index < -0.39 is 22.2 Å². The molecule has 0 bridgehead atoms. The first-order valence-electron chi connectivity index (χ1n) is 11.1. The van der Waals surface area contributed by atoms with Gasteiger partial charge < -0.3 is 10.6 Å². The molecule has 0 saturated carbocycles. The Kier molecular flexibility index (Phi) is 6.99. The normalized spacial score (nSPS) is 29.7. The van der Waals surface area contributed by atoms with E-state index in [9.17, 15) is 20.0 Å². The van der Waals surface area contributed by atoms with Crippen molar-refractivity contribution in [1.82, 2.24) is 20.8 Å². The van der Waals surface area contributed by atoms with Crippen LogP contribution in [0.3, 0.4) is 0 Å². The van der Waals surface area contributed by atoms with Gasteiger partial charge in [-0.1, -0.05) is 0 Å². The number of rotatable bonds is 7. The zero-order chi connectivity index (χ0) is 23.1. The van der Waals surface area contributed by atoms with Crippen molar-refractivity contribution in [2.75, 3.05) is 13.1 Å². The Balaban J connectivity index is 1.72. The van der Waals surface area contributed by atoms with Crippen molar-refractivity contribution in [3.05, 3.63) is 0 Å². The van der Waals surface area contributed by atoms with Crippen molar-refractivity contribution in [2.24, 2.45) is 11.8 Å². The number of carbonyl (C=O) groups excluding carboxylic acids is 2. The average molecular weight is 425 g/mol. The smallest absolute Gasteiger partial charge is 0.225 e. The maximum Gasteiger partial charge on any atom is 0.225 e. The molecule has 2 amide bonds. The van der Waals surface area contributed by atoms with Crippen LogP contribution in [0, 0.1) is 11.8 Å². The lowest BCUT2D eigenvalue weighted by atomic mass is 9.86. The van der Waals surface area contributed by atoms with Crippen molar-refractivity contribution in [2.45, 2.75) is 103 Å². The van der Waals surface area contributed by atoms with Crippen LogP contribution in [0.1, 0.15) is 81.1 Å². The average Bonchev–Trinajstić information content (AvgIpc) is 2.91. The fraction of sp³-hybridized carbons (Fsp3) is 0.909. The van der Waals surface area contributed by atoms with E-state index in [4.69, 9.17) is 0 Å². The van der Waals surface area contributed by atoms with Gasteiger partial charge in [0.1, 0.15) is 0 Å². The highest BCUT2D eigenvalue weighted by molar-refractivity contribution is 5.81. The summed E-state index contributed by atoms with van der Waals surface area (Å²) in [4.78, 5) is 25.2. The summed E-state index contributed by atoms with van der Waals surface area (Å²) in [7, 11) is 0. The van der Waals surface area contributed by atoms with E-state index in [1.807, 2.05) is 55.4 Å². The Morgan fingerprint density at radius 1 is 0.700 bits per heavy atom. The van der Waals surface area contributed by atoms with E-state index in [1.165, 1.54) is 0 Å². The van der Waals surface area contributed by atoms with Gasteiger partial charge >= 0.3 is 0 Å². The Hall–Kier alpha value is -1.22. The molecule has 8 nitrogen and oxygen atoms in total. The third-order valence-corrected chi connectivity index (χ3v) is 7.09. The van der Waals surface area contributed by atoms with Crippen LogP contribution in [0.25, 0.3) is 0 Å². The Morgan fingerprint density at radius 2 is 1.00 bits per heavy atom. The fourth-order valence-corrected chi connectivity index (χ4v) is 5.25. The van der Waals surface area contributed by atoms with E-state index in [-0.39, 0.29) is 23.7 Å². The number of hydrogen-bond acceptors (Lipinski definition) is 4. The summed E-state index contributed by atoms with van der Waals surface area (Å²) in [5.74, 6) is -0.845. The van der Waals surface area contributed by atoms with Gasteiger partial charge in [0.15, 0.2) is 0 Å². The predicted molar refractivity (Wildman–Crippen MR) is 113 cm³/mol. The molecular formula is C22H40N4O4. The fourth-order valence-electron chi connectivity index (χ4n) is 5.25. The molecule has 2 fully saturated rings. The summed E-state index contributed by atoms with van der Waals surface area (Å²) in [6.45, 7) is 15.8. The van der Waals surface area contributed by atoms with E-state index in [0.29, 0.717) is 25.9 Å². The van der Waals surface area contributed by atoms with Gasteiger partial charge in [-0.05, 0) is 81.1 Å². The standard InChI is InChI=1S/C22H40N4O4/c1-19(2)13-15(21(5,6)25(19)29)17(27)23-11-9-10-12-24-18(28)16-14-20(3,4)26(30)22(16,7)8/h15-16H,9-14H2,1-8H3,(H,23,27)(H,24,28). The molecule has 0 spiro atoms. The van der Waals surface area contributed by atoms with Crippen molar-refractivity contribution in [3.63, 3.8) is 0 Å². The molecule has 2 unspecified atom stereocenters. The van der Waals surface area contributed by atoms with Gasteiger partial charge in [-0.15, -0.1) is 20.5 Å². The topological polar surface area (TPSA) is 104 Å². The molecule has 2 radical (unpaired) electrons. The number of hydrogen-bond donors (Lipinski definition) is 2. The lowest BCUT2D eigenvalue weighted by molar-refractivity contribution is -0.247. The second kappa shape index (κ2) is 8.37. The summed E-state index contributed by atoms with van der Waals surface area (Å²) in [6, 6.07) is 0. The van der Waals surface area contributed by atoms with Gasteiger partial charge in [-0.25, -0.2) is 0 Å². The summed E-state index contributed by atoms with van der Waals surface area (Å²) in [5.41, 5.74) is -2.53. The SMILES string of the molecule is CC1(C)CC(C(=O)NCCCCNC(=O)C2CC(C)(C)N([O])C2(C)C)C(C)(C)N1[O]. The van der Waals surface area contributed by atoms with Crippen LogP contribution in [0.4, 0.5) is 0 Å². The van der Waals surface area contributed by atoms with Gasteiger partial charge in [0, 0.05) is 24.2 Å². The number of unbranched alkanes of at least 4 members (excludes halogenated alkanes) is 1. The highest BCUT2D eigenvalue weighted by Crippen LogP contribution is 2.44. The third-order valence-electron chi connectivity index (χ3n) is 7.09. The van der Waals surface area contributed by atoms with Gasteiger partial charge in [0.05, 0.1) is 22.9 Å². The number of amides is 2. The van der Waals surface area contributed by atoms with E-state index >= 15 is 0 Å². The minimum absolute atomic E-state index is 0.0825. The Bertz CT molecular complexity index is 604. The second-order valence-corrected chi connectivity index (χ2v) is 11.3. The molecule has 0 aliphatic carbocycles. The molecule has 2 rings (SSSR count). The first-order chi connectivity index (χ1) is 13.5. The van der Waals surface area contributed by atoms with Crippen LogP contribution >= 0.6 is 0 Å². The third kappa shape index (κ3) is 4.66. The van der Waals surface area contributed by atoms with E-state index in [1.54, 1.807) is 0 Å². The number of carbonyl (C=O) groups is 2. The van der Waals surface area contributed by atoms with Gasteiger partial charge in [0.25, 0.3) is 0 Å². The molecular weight excluding hydrogens is 384 g/mol. The van der Waals surface area contributed by atoms with Crippen molar-refractivity contribution in [1.29, 1.82) is 0 Å². The van der Waals surface area contributed by atoms with Gasteiger partial charge in [0.2, 0.25) is 11.8 Å². The largest absolute Gasteiger partial charge is 0.356 e. The first kappa shape index (κ1) is 25.0. The molecule has 8 heteroatoms. The van der Waals surface area contributed by atoms with Crippen molar-refractivity contribution < 1.29 is 20.0 Å². The van der Waals surface area contributed by atoms with E-state index in [0.717, 1.165) is 23.0 Å². The highest BCUT2D eigenvalue weighted by atomic mass is 16.5. The first-order valence-corrected chi connectivity index (χ1v) is 11.1. The summed E-state index contributed by atoms with van der Waals surface area (Å²) < 4.78 is 0. The maximum atomic E-state index is 12.6. The predicted octanol–water partition coefficient (Wildman–Crippen LogP) is 2.45. The lowest BCUT2D eigenvalue weighted by Crippen LogP contribution is -2.49. The zero-order valence-corrected chi connectivity index (χ0v) is 19.9. The molecule has 172 valence electrons. The molecule has 2 N–H and O–H groups in total. The van der Waals surface area contributed by atoms with Crippen LogP contribution < -0.4 is 10.6 Å². The van der Waals surface area contributed by atoms with Gasteiger partial charge in [-0.2, -0.15) is 0 Å². The van der Waals surface area contributed by atoms with Gasteiger partial charge in [-0.3, -0.25) is 9.59 Å². The van der Waals surface area contributed by atoms with Crippen molar-refractivity contribution in [3.8, 4) is 0 Å². The number of nitrogens with zero attached hydrogens (tertiary/aromatic N) is 2. The molecule has 2 aliphatic heterocycles. The zero-order valence-electron chi connectivity index (χ0n) is 19.9. The highest BCUT2D eigenvalue weighted by Gasteiger charge is 2.56.